The van der Waals surface area contributed by atoms with Crippen molar-refractivity contribution >= 4 is 5.97 Å². The first-order valence-electron chi connectivity index (χ1n) is 6.59. The van der Waals surface area contributed by atoms with E-state index in [2.05, 4.69) is 4.90 Å². The smallest absolute Gasteiger partial charge is 0.320 e. The average Bonchev–Trinajstić information content (AvgIpc) is 2.75. The molecule has 1 aliphatic heterocycles. The molecular formula is C13H23NO3. The molecule has 4 nitrogen and oxygen atoms in total. The molecule has 1 heterocycles. The van der Waals surface area contributed by atoms with Gasteiger partial charge < -0.3 is 9.84 Å². The fourth-order valence-corrected chi connectivity index (χ4v) is 3.81. The highest BCUT2D eigenvalue weighted by atomic mass is 16.5. The lowest BCUT2D eigenvalue weighted by molar-refractivity contribution is -0.143. The van der Waals surface area contributed by atoms with Gasteiger partial charge in [0.2, 0.25) is 0 Å². The number of hydrogen-bond donors (Lipinski definition) is 1. The standard InChI is InChI=1S/C13H23NO3/c1-3-11(12(15)16)14-7-10-5-4-6-13(10,8-14)9-17-2/h10-11H,3-9H2,1-2H3,(H,15,16)/t10-,11-,13+/m1/s1. The van der Waals surface area contributed by atoms with Crippen LogP contribution in [0.1, 0.15) is 32.6 Å². The van der Waals surface area contributed by atoms with E-state index in [9.17, 15) is 9.90 Å². The topological polar surface area (TPSA) is 49.8 Å². The van der Waals surface area contributed by atoms with Crippen molar-refractivity contribution in [2.45, 2.75) is 38.6 Å². The molecule has 17 heavy (non-hydrogen) atoms. The third-order valence-corrected chi connectivity index (χ3v) is 4.61. The number of rotatable bonds is 5. The van der Waals surface area contributed by atoms with Crippen LogP contribution >= 0.6 is 0 Å². The summed E-state index contributed by atoms with van der Waals surface area (Å²) in [5.74, 6) is -0.0455. The van der Waals surface area contributed by atoms with Crippen LogP contribution in [-0.4, -0.2) is 48.8 Å². The first kappa shape index (κ1) is 12.8. The highest BCUT2D eigenvalue weighted by molar-refractivity contribution is 5.73. The summed E-state index contributed by atoms with van der Waals surface area (Å²) in [7, 11) is 1.75. The van der Waals surface area contributed by atoms with Crippen molar-refractivity contribution in [1.82, 2.24) is 4.90 Å². The maximum absolute atomic E-state index is 11.2. The predicted octanol–water partition coefficient (Wildman–Crippen LogP) is 1.60. The Hall–Kier alpha value is -0.610. The Morgan fingerprint density at radius 1 is 1.65 bits per heavy atom. The zero-order valence-electron chi connectivity index (χ0n) is 10.8. The first-order valence-corrected chi connectivity index (χ1v) is 6.59. The predicted molar refractivity (Wildman–Crippen MR) is 64.9 cm³/mol. The molecule has 2 rings (SSSR count). The molecule has 1 aliphatic carbocycles. The summed E-state index contributed by atoms with van der Waals surface area (Å²) >= 11 is 0. The minimum absolute atomic E-state index is 0.234. The van der Waals surface area contributed by atoms with Crippen LogP contribution in [0.2, 0.25) is 0 Å². The zero-order valence-corrected chi connectivity index (χ0v) is 10.8. The Morgan fingerprint density at radius 3 is 3.00 bits per heavy atom. The molecule has 3 atom stereocenters. The number of likely N-dealkylation sites (tertiary alicyclic amines) is 1. The van der Waals surface area contributed by atoms with Gasteiger partial charge in [-0.3, -0.25) is 9.69 Å². The summed E-state index contributed by atoms with van der Waals surface area (Å²) in [4.78, 5) is 13.4. The minimum Gasteiger partial charge on any atom is -0.480 e. The Morgan fingerprint density at radius 2 is 2.41 bits per heavy atom. The van der Waals surface area contributed by atoms with Gasteiger partial charge in [-0.05, 0) is 25.2 Å². The molecule has 0 unspecified atom stereocenters. The normalized spacial score (nSPS) is 34.8. The fourth-order valence-electron chi connectivity index (χ4n) is 3.81. The van der Waals surface area contributed by atoms with Crippen molar-refractivity contribution in [1.29, 1.82) is 0 Å². The summed E-state index contributed by atoms with van der Waals surface area (Å²) in [6, 6.07) is -0.311. The van der Waals surface area contributed by atoms with Crippen molar-refractivity contribution in [2.75, 3.05) is 26.8 Å². The van der Waals surface area contributed by atoms with Gasteiger partial charge in [-0.2, -0.15) is 0 Å². The lowest BCUT2D eigenvalue weighted by atomic mass is 9.82. The SMILES string of the molecule is CC[C@H](C(=O)O)N1C[C@H]2CCC[C@@]2(COC)C1. The molecule has 1 N–H and O–H groups in total. The molecule has 0 amide bonds. The molecule has 0 aromatic carbocycles. The molecular weight excluding hydrogens is 218 g/mol. The fraction of sp³-hybridized carbons (Fsp3) is 0.923. The largest absolute Gasteiger partial charge is 0.480 e. The van der Waals surface area contributed by atoms with E-state index in [1.54, 1.807) is 7.11 Å². The number of carboxylic acids is 1. The monoisotopic (exact) mass is 241 g/mol. The maximum atomic E-state index is 11.2. The summed E-state index contributed by atoms with van der Waals surface area (Å²) in [6.45, 7) is 4.57. The van der Waals surface area contributed by atoms with E-state index >= 15 is 0 Å². The van der Waals surface area contributed by atoms with Crippen LogP contribution < -0.4 is 0 Å². The number of nitrogens with zero attached hydrogens (tertiary/aromatic N) is 1. The van der Waals surface area contributed by atoms with Crippen molar-refractivity contribution in [2.24, 2.45) is 11.3 Å². The van der Waals surface area contributed by atoms with Crippen molar-refractivity contribution in [3.8, 4) is 0 Å². The number of hydrogen-bond acceptors (Lipinski definition) is 3. The molecule has 1 saturated carbocycles. The summed E-state index contributed by atoms with van der Waals surface area (Å²) in [6.07, 6.45) is 4.38. The highest BCUT2D eigenvalue weighted by Crippen LogP contribution is 2.49. The van der Waals surface area contributed by atoms with E-state index in [1.165, 1.54) is 19.3 Å². The minimum atomic E-state index is -0.681. The van der Waals surface area contributed by atoms with Crippen molar-refractivity contribution in [3.05, 3.63) is 0 Å². The van der Waals surface area contributed by atoms with Crippen LogP contribution in [0, 0.1) is 11.3 Å². The van der Waals surface area contributed by atoms with Crippen LogP contribution in [0.5, 0.6) is 0 Å². The number of carbonyl (C=O) groups is 1. The molecule has 0 radical (unpaired) electrons. The second kappa shape index (κ2) is 4.94. The third-order valence-electron chi connectivity index (χ3n) is 4.61. The van der Waals surface area contributed by atoms with Crippen LogP contribution in [0.3, 0.4) is 0 Å². The molecule has 2 aliphatic rings. The summed E-state index contributed by atoms with van der Waals surface area (Å²) in [5, 5.41) is 9.24. The maximum Gasteiger partial charge on any atom is 0.320 e. The van der Waals surface area contributed by atoms with Gasteiger partial charge in [-0.1, -0.05) is 13.3 Å². The Bertz CT molecular complexity index is 294. The number of aliphatic carboxylic acids is 1. The summed E-state index contributed by atoms with van der Waals surface area (Å²) in [5.41, 5.74) is 0.234. The van der Waals surface area contributed by atoms with Gasteiger partial charge in [-0.25, -0.2) is 0 Å². The van der Waals surface area contributed by atoms with Crippen LogP contribution in [0.4, 0.5) is 0 Å². The van der Waals surface area contributed by atoms with Gasteiger partial charge in [0.05, 0.1) is 6.61 Å². The number of methoxy groups -OCH3 is 1. The highest BCUT2D eigenvalue weighted by Gasteiger charge is 2.51. The lowest BCUT2D eigenvalue weighted by Crippen LogP contribution is -2.41. The van der Waals surface area contributed by atoms with Gasteiger partial charge in [0.15, 0.2) is 0 Å². The second-order valence-electron chi connectivity index (χ2n) is 5.58. The third kappa shape index (κ3) is 2.20. The molecule has 2 fully saturated rings. The van der Waals surface area contributed by atoms with Gasteiger partial charge in [0.1, 0.15) is 6.04 Å². The second-order valence-corrected chi connectivity index (χ2v) is 5.58. The first-order chi connectivity index (χ1) is 8.13. The zero-order chi connectivity index (χ0) is 12.5. The van der Waals surface area contributed by atoms with Gasteiger partial charge in [0, 0.05) is 25.6 Å². The summed E-state index contributed by atoms with van der Waals surface area (Å²) < 4.78 is 5.38. The van der Waals surface area contributed by atoms with Gasteiger partial charge in [0.25, 0.3) is 0 Å². The molecule has 0 bridgehead atoms. The number of fused-ring (bicyclic) bond motifs is 1. The van der Waals surface area contributed by atoms with Crippen LogP contribution in [0.25, 0.3) is 0 Å². The van der Waals surface area contributed by atoms with Crippen molar-refractivity contribution < 1.29 is 14.6 Å². The molecule has 4 heteroatoms. The van der Waals surface area contributed by atoms with Crippen molar-refractivity contribution in [3.63, 3.8) is 0 Å². The van der Waals surface area contributed by atoms with Crippen LogP contribution in [0.15, 0.2) is 0 Å². The van der Waals surface area contributed by atoms with E-state index < -0.39 is 5.97 Å². The van der Waals surface area contributed by atoms with E-state index in [-0.39, 0.29) is 11.5 Å². The Balaban J connectivity index is 2.09. The lowest BCUT2D eigenvalue weighted by Gasteiger charge is -2.29. The van der Waals surface area contributed by atoms with Gasteiger partial charge >= 0.3 is 5.97 Å². The molecule has 0 aromatic heterocycles. The molecule has 98 valence electrons. The van der Waals surface area contributed by atoms with Gasteiger partial charge in [-0.15, -0.1) is 0 Å². The van der Waals surface area contributed by atoms with Crippen LogP contribution in [-0.2, 0) is 9.53 Å². The Kier molecular flexibility index (Phi) is 3.73. The number of ether oxygens (including phenoxy) is 1. The molecule has 1 saturated heterocycles. The molecule has 0 spiro atoms. The van der Waals surface area contributed by atoms with E-state index in [1.807, 2.05) is 6.92 Å². The quantitative estimate of drug-likeness (QED) is 0.794. The number of carboxylic acid groups (broad SMARTS) is 1. The molecule has 0 aromatic rings. The van der Waals surface area contributed by atoms with E-state index in [0.717, 1.165) is 19.7 Å². The Labute approximate surface area is 103 Å². The average molecular weight is 241 g/mol. The van der Waals surface area contributed by atoms with E-state index in [0.29, 0.717) is 12.3 Å². The van der Waals surface area contributed by atoms with E-state index in [4.69, 9.17) is 4.74 Å².